The fourth-order valence-electron chi connectivity index (χ4n) is 3.68. The minimum Gasteiger partial charge on any atom is -0.412 e. The molecule has 2 aromatic carbocycles. The summed E-state index contributed by atoms with van der Waals surface area (Å²) in [7, 11) is 2.16. The highest BCUT2D eigenvalue weighted by molar-refractivity contribution is 9.09. The zero-order chi connectivity index (χ0) is 21.9. The molecule has 180 valence electrons. The first-order valence-corrected chi connectivity index (χ1v) is 14.0. The van der Waals surface area contributed by atoms with E-state index in [4.69, 9.17) is 0 Å². The Hall–Kier alpha value is -0.940. The minimum atomic E-state index is -0.0711. The molecule has 5 N–H and O–H groups in total. The molecule has 4 rings (SSSR count). The van der Waals surface area contributed by atoms with Crippen molar-refractivity contribution in [3.63, 3.8) is 0 Å². The van der Waals surface area contributed by atoms with Gasteiger partial charge in [-0.2, -0.15) is 0 Å². The van der Waals surface area contributed by atoms with Crippen molar-refractivity contribution in [3.05, 3.63) is 60.2 Å². The van der Waals surface area contributed by atoms with Crippen molar-refractivity contribution in [3.8, 4) is 0 Å². The van der Waals surface area contributed by atoms with Crippen LogP contribution in [0.2, 0.25) is 0 Å². The molecule has 9 heteroatoms. The zero-order valence-corrected chi connectivity index (χ0v) is 22.8. The lowest BCUT2D eigenvalue weighted by atomic mass is 9.96. The van der Waals surface area contributed by atoms with E-state index in [-0.39, 0.29) is 28.0 Å². The summed E-state index contributed by atoms with van der Waals surface area (Å²) in [5, 5.41) is 3.30. The largest absolute Gasteiger partial charge is 0.412 e. The van der Waals surface area contributed by atoms with Crippen LogP contribution in [0.25, 0.3) is 0 Å². The van der Waals surface area contributed by atoms with Gasteiger partial charge in [0, 0.05) is 42.9 Å². The number of alkyl halides is 2. The number of nitrogens with one attached hydrogen (secondary N) is 1. The van der Waals surface area contributed by atoms with E-state index in [2.05, 4.69) is 84.4 Å². The van der Waals surface area contributed by atoms with Gasteiger partial charge in [-0.25, -0.2) is 0 Å². The Bertz CT molecular complexity index is 778. The van der Waals surface area contributed by atoms with Gasteiger partial charge in [-0.05, 0) is 36.4 Å². The molecule has 1 saturated heterocycles. The number of hydrogen-bond donors (Lipinski definition) is 1. The van der Waals surface area contributed by atoms with Crippen LogP contribution in [0.15, 0.2) is 59.5 Å². The standard InChI is InChI=1S/C21H25N3OS.2CH3Br.2H2O/c1-23-11-13-24(14-12-23)15-17-20(16-7-3-2-4-8-16)26-19-10-6-5-9-18(19)22-21(17)25;2*1-2;;/h2-10,17,20H,11-15H2,1H3,(H,22,25);2*1H3;2*1H2/t17-,20+;;;;/m0..../s1. The van der Waals surface area contributed by atoms with Crippen LogP contribution >= 0.6 is 43.6 Å². The van der Waals surface area contributed by atoms with Crippen molar-refractivity contribution in [2.75, 3.05) is 56.8 Å². The fraction of sp³-hybridized carbons (Fsp3) is 0.435. The van der Waals surface area contributed by atoms with Crippen molar-refractivity contribution in [1.82, 2.24) is 9.80 Å². The maximum Gasteiger partial charge on any atom is 0.230 e. The summed E-state index contributed by atoms with van der Waals surface area (Å²) in [6.07, 6.45) is 0. The molecule has 1 amide bonds. The number of rotatable bonds is 3. The molecule has 6 nitrogen and oxygen atoms in total. The Morgan fingerprint density at radius 2 is 1.47 bits per heavy atom. The van der Waals surface area contributed by atoms with Gasteiger partial charge >= 0.3 is 0 Å². The number of fused-ring (bicyclic) bond motifs is 1. The van der Waals surface area contributed by atoms with Gasteiger partial charge in [0.15, 0.2) is 0 Å². The molecule has 2 aliphatic heterocycles. The van der Waals surface area contributed by atoms with Crippen LogP contribution in [0, 0.1) is 5.92 Å². The number of amides is 1. The number of anilines is 1. The number of benzene rings is 2. The highest BCUT2D eigenvalue weighted by atomic mass is 79.9. The number of carbonyl (C=O) groups excluding carboxylic acids is 1. The van der Waals surface area contributed by atoms with Crippen LogP contribution in [0.1, 0.15) is 10.8 Å². The molecule has 0 aromatic heterocycles. The van der Waals surface area contributed by atoms with Crippen LogP contribution in [0.5, 0.6) is 0 Å². The average molecular weight is 593 g/mol. The zero-order valence-electron chi connectivity index (χ0n) is 18.9. The Morgan fingerprint density at radius 3 is 2.09 bits per heavy atom. The fourth-order valence-corrected chi connectivity index (χ4v) is 5.03. The summed E-state index contributed by atoms with van der Waals surface area (Å²) >= 11 is 7.69. The Balaban J connectivity index is 0.00000152. The first-order valence-electron chi connectivity index (χ1n) is 9.99. The van der Waals surface area contributed by atoms with E-state index >= 15 is 0 Å². The van der Waals surface area contributed by atoms with Crippen LogP contribution in [-0.2, 0) is 4.79 Å². The quantitative estimate of drug-likeness (QED) is 0.549. The lowest BCUT2D eigenvalue weighted by Gasteiger charge is -2.35. The van der Waals surface area contributed by atoms with Crippen LogP contribution in [0.4, 0.5) is 5.69 Å². The molecule has 0 bridgehead atoms. The van der Waals surface area contributed by atoms with E-state index < -0.39 is 0 Å². The topological polar surface area (TPSA) is 98.6 Å². The maximum absolute atomic E-state index is 13.1. The summed E-state index contributed by atoms with van der Waals surface area (Å²) in [5.41, 5.74) is 2.16. The summed E-state index contributed by atoms with van der Waals surface area (Å²) in [6, 6.07) is 18.6. The second-order valence-electron chi connectivity index (χ2n) is 7.14. The third-order valence-corrected chi connectivity index (χ3v) is 6.74. The van der Waals surface area contributed by atoms with Gasteiger partial charge in [-0.1, -0.05) is 74.3 Å². The molecular formula is C23H35Br2N3O3S. The van der Waals surface area contributed by atoms with Gasteiger partial charge in [0.05, 0.1) is 11.6 Å². The van der Waals surface area contributed by atoms with Crippen molar-refractivity contribution >= 4 is 55.2 Å². The average Bonchev–Trinajstić information content (AvgIpc) is 2.95. The van der Waals surface area contributed by atoms with Crippen LogP contribution in [0.3, 0.4) is 0 Å². The van der Waals surface area contributed by atoms with Gasteiger partial charge in [0.2, 0.25) is 5.91 Å². The molecule has 1 fully saturated rings. The Morgan fingerprint density at radius 1 is 0.906 bits per heavy atom. The highest BCUT2D eigenvalue weighted by Crippen LogP contribution is 2.46. The van der Waals surface area contributed by atoms with E-state index in [9.17, 15) is 4.79 Å². The molecular weight excluding hydrogens is 558 g/mol. The summed E-state index contributed by atoms with van der Waals surface area (Å²) in [4.78, 5) is 19.1. The molecule has 32 heavy (non-hydrogen) atoms. The molecule has 0 saturated carbocycles. The third-order valence-electron chi connectivity index (χ3n) is 5.28. The Labute approximate surface area is 213 Å². The van der Waals surface area contributed by atoms with Crippen molar-refractivity contribution < 1.29 is 15.7 Å². The molecule has 0 aliphatic carbocycles. The molecule has 0 unspecified atom stereocenters. The number of piperazine rings is 1. The van der Waals surface area contributed by atoms with Crippen molar-refractivity contribution in [1.29, 1.82) is 0 Å². The smallest absolute Gasteiger partial charge is 0.230 e. The number of para-hydroxylation sites is 1. The third kappa shape index (κ3) is 8.44. The second kappa shape index (κ2) is 16.6. The molecule has 2 heterocycles. The lowest BCUT2D eigenvalue weighted by Crippen LogP contribution is -2.48. The lowest BCUT2D eigenvalue weighted by molar-refractivity contribution is -0.120. The number of carbonyl (C=O) groups is 1. The molecule has 2 aromatic rings. The van der Waals surface area contributed by atoms with Crippen molar-refractivity contribution in [2.45, 2.75) is 10.1 Å². The van der Waals surface area contributed by atoms with E-state index in [1.807, 2.05) is 47.7 Å². The van der Waals surface area contributed by atoms with E-state index in [1.54, 1.807) is 0 Å². The summed E-state index contributed by atoms with van der Waals surface area (Å²) in [6.45, 7) is 4.99. The first-order chi connectivity index (χ1) is 14.7. The maximum atomic E-state index is 13.1. The van der Waals surface area contributed by atoms with Crippen LogP contribution in [-0.4, -0.2) is 78.1 Å². The normalized spacial score (nSPS) is 20.3. The Kier molecular flexibility index (Phi) is 16.1. The molecule has 2 aliphatic rings. The molecule has 0 radical (unpaired) electrons. The number of nitrogens with zero attached hydrogens (tertiary/aromatic N) is 2. The highest BCUT2D eigenvalue weighted by Gasteiger charge is 2.35. The first kappa shape index (κ1) is 31.1. The number of halogens is 2. The van der Waals surface area contributed by atoms with Gasteiger partial charge in [0.1, 0.15) is 0 Å². The van der Waals surface area contributed by atoms with Gasteiger partial charge < -0.3 is 21.2 Å². The molecule has 0 spiro atoms. The van der Waals surface area contributed by atoms with E-state index in [0.29, 0.717) is 0 Å². The predicted octanol–water partition coefficient (Wildman–Crippen LogP) is 3.71. The van der Waals surface area contributed by atoms with Gasteiger partial charge in [-0.3, -0.25) is 9.69 Å². The van der Waals surface area contributed by atoms with E-state index in [0.717, 1.165) is 43.3 Å². The molecule has 2 atom stereocenters. The number of likely N-dealkylation sites (N-methyl/N-ethyl adjacent to an activating group) is 1. The SMILES string of the molecule is CBr.CBr.CN1CCN(C[C@@H]2C(=O)Nc3ccccc3S[C@@H]2c2ccccc2)CC1.O.O. The number of thioether (sulfide) groups is 1. The predicted molar refractivity (Wildman–Crippen MR) is 144 cm³/mol. The minimum absolute atomic E-state index is 0. The van der Waals surface area contributed by atoms with Gasteiger partial charge in [0.25, 0.3) is 0 Å². The van der Waals surface area contributed by atoms with Crippen LogP contribution < -0.4 is 5.32 Å². The van der Waals surface area contributed by atoms with Gasteiger partial charge in [-0.15, -0.1) is 11.8 Å². The second-order valence-corrected chi connectivity index (χ2v) is 8.33. The number of hydrogen-bond acceptors (Lipinski definition) is 4. The monoisotopic (exact) mass is 591 g/mol. The van der Waals surface area contributed by atoms with Crippen molar-refractivity contribution in [2.24, 2.45) is 5.92 Å². The van der Waals surface area contributed by atoms with E-state index in [1.165, 1.54) is 5.56 Å². The summed E-state index contributed by atoms with van der Waals surface area (Å²) in [5.74, 6) is 3.69. The summed E-state index contributed by atoms with van der Waals surface area (Å²) < 4.78 is 0.